The maximum Gasteiger partial charge on any atom is 0.225 e. The summed E-state index contributed by atoms with van der Waals surface area (Å²) in [6, 6.07) is 11.2. The maximum absolute atomic E-state index is 12.4. The summed E-state index contributed by atoms with van der Waals surface area (Å²) in [6.45, 7) is 3.33. The van der Waals surface area contributed by atoms with Crippen LogP contribution in [0.5, 0.6) is 0 Å². The lowest BCUT2D eigenvalue weighted by molar-refractivity contribution is -0.131. The Hall–Kier alpha value is -3.14. The number of benzene rings is 1. The monoisotopic (exact) mass is 336 g/mol. The molecule has 1 N–H and O–H groups in total. The molecule has 0 bridgehead atoms. The van der Waals surface area contributed by atoms with Gasteiger partial charge in [-0.15, -0.1) is 0 Å². The van der Waals surface area contributed by atoms with E-state index in [1.165, 1.54) is 0 Å². The third kappa shape index (κ3) is 4.23. The second-order valence-electron chi connectivity index (χ2n) is 5.75. The smallest absolute Gasteiger partial charge is 0.225 e. The van der Waals surface area contributed by atoms with E-state index in [9.17, 15) is 4.79 Å². The van der Waals surface area contributed by atoms with E-state index in [1.807, 2.05) is 23.1 Å². The van der Waals surface area contributed by atoms with E-state index in [1.54, 1.807) is 24.5 Å². The number of anilines is 2. The van der Waals surface area contributed by atoms with Gasteiger partial charge in [0.15, 0.2) is 0 Å². The number of amides is 1. The van der Waals surface area contributed by atoms with Crippen molar-refractivity contribution in [2.45, 2.75) is 6.42 Å². The highest BCUT2D eigenvalue weighted by molar-refractivity contribution is 5.77. The Kier molecular flexibility index (Phi) is 5.42. The molecule has 3 rings (SSSR count). The number of para-hydroxylation sites is 1. The highest BCUT2D eigenvalue weighted by atomic mass is 16.2. The minimum absolute atomic E-state index is 0.121. The van der Waals surface area contributed by atoms with Gasteiger partial charge in [0.2, 0.25) is 11.9 Å². The molecule has 2 heterocycles. The van der Waals surface area contributed by atoms with Gasteiger partial charge in [-0.05, 0) is 18.2 Å². The van der Waals surface area contributed by atoms with Crippen LogP contribution in [0.4, 0.5) is 11.6 Å². The van der Waals surface area contributed by atoms with Gasteiger partial charge in [0.05, 0.1) is 11.3 Å². The predicted octanol–water partition coefficient (Wildman–Crippen LogP) is 1.50. The Labute approximate surface area is 146 Å². The van der Waals surface area contributed by atoms with Gasteiger partial charge in [-0.2, -0.15) is 5.26 Å². The van der Waals surface area contributed by atoms with Crippen LogP contribution in [0.2, 0.25) is 0 Å². The number of hydrogen-bond acceptors (Lipinski definition) is 6. The van der Waals surface area contributed by atoms with Gasteiger partial charge >= 0.3 is 0 Å². The minimum atomic E-state index is 0.121. The Morgan fingerprint density at radius 2 is 1.84 bits per heavy atom. The molecule has 7 heteroatoms. The van der Waals surface area contributed by atoms with Crippen molar-refractivity contribution in [3.8, 4) is 6.07 Å². The summed E-state index contributed by atoms with van der Waals surface area (Å²) in [7, 11) is 0. The van der Waals surface area contributed by atoms with Gasteiger partial charge < -0.3 is 15.1 Å². The third-order valence-electron chi connectivity index (χ3n) is 4.17. The van der Waals surface area contributed by atoms with Gasteiger partial charge in [-0.25, -0.2) is 9.97 Å². The van der Waals surface area contributed by atoms with Crippen molar-refractivity contribution < 1.29 is 4.79 Å². The van der Waals surface area contributed by atoms with E-state index in [2.05, 4.69) is 26.3 Å². The molecule has 2 aromatic rings. The van der Waals surface area contributed by atoms with E-state index < -0.39 is 0 Å². The molecule has 0 atom stereocenters. The van der Waals surface area contributed by atoms with E-state index in [4.69, 9.17) is 5.26 Å². The molecule has 0 saturated carbocycles. The van der Waals surface area contributed by atoms with Crippen LogP contribution in [-0.4, -0.2) is 53.5 Å². The average Bonchev–Trinajstić information content (AvgIpc) is 2.69. The van der Waals surface area contributed by atoms with Crippen LogP contribution in [0, 0.1) is 11.3 Å². The number of nitrogens with one attached hydrogen (secondary N) is 1. The number of carbonyl (C=O) groups is 1. The Balaban J connectivity index is 1.45. The molecule has 1 aliphatic heterocycles. The first-order chi connectivity index (χ1) is 12.3. The summed E-state index contributed by atoms with van der Waals surface area (Å²) in [4.78, 5) is 24.8. The number of piperazine rings is 1. The molecule has 0 radical (unpaired) electrons. The summed E-state index contributed by atoms with van der Waals surface area (Å²) < 4.78 is 0. The molecule has 25 heavy (non-hydrogen) atoms. The van der Waals surface area contributed by atoms with Gasteiger partial charge in [-0.1, -0.05) is 12.1 Å². The lowest BCUT2D eigenvalue weighted by Gasteiger charge is -2.34. The van der Waals surface area contributed by atoms with Crippen molar-refractivity contribution in [1.29, 1.82) is 5.26 Å². The van der Waals surface area contributed by atoms with Crippen molar-refractivity contribution in [3.63, 3.8) is 0 Å². The topological polar surface area (TPSA) is 85.2 Å². The number of aromatic nitrogens is 2. The maximum atomic E-state index is 12.4. The first-order valence-electron chi connectivity index (χ1n) is 8.30. The van der Waals surface area contributed by atoms with Crippen LogP contribution >= 0.6 is 0 Å². The molecule has 0 spiro atoms. The number of carbonyl (C=O) groups excluding carboxylic acids is 1. The second-order valence-corrected chi connectivity index (χ2v) is 5.75. The van der Waals surface area contributed by atoms with Crippen molar-refractivity contribution in [1.82, 2.24) is 14.9 Å². The largest absolute Gasteiger partial charge is 0.383 e. The minimum Gasteiger partial charge on any atom is -0.383 e. The number of nitrogens with zero attached hydrogens (tertiary/aromatic N) is 5. The predicted molar refractivity (Wildman–Crippen MR) is 95.1 cm³/mol. The molecule has 1 aromatic carbocycles. The molecular weight excluding hydrogens is 316 g/mol. The Morgan fingerprint density at radius 1 is 1.12 bits per heavy atom. The van der Waals surface area contributed by atoms with Crippen LogP contribution in [0.1, 0.15) is 12.0 Å². The van der Waals surface area contributed by atoms with Crippen LogP contribution in [0.3, 0.4) is 0 Å². The number of nitriles is 1. The fourth-order valence-electron chi connectivity index (χ4n) is 2.81. The van der Waals surface area contributed by atoms with Gasteiger partial charge in [-0.3, -0.25) is 4.79 Å². The first kappa shape index (κ1) is 16.7. The van der Waals surface area contributed by atoms with Gasteiger partial charge in [0.1, 0.15) is 6.07 Å². The molecule has 0 unspecified atom stereocenters. The highest BCUT2D eigenvalue weighted by Crippen LogP contribution is 2.14. The standard InChI is InChI=1S/C18H20N6O/c19-14-15-4-1-2-5-16(15)20-9-6-17(25)23-10-12-24(13-11-23)18-21-7-3-8-22-18/h1-5,7-8,20H,6,9-13H2. The lowest BCUT2D eigenvalue weighted by atomic mass is 10.2. The second kappa shape index (κ2) is 8.11. The molecule has 1 fully saturated rings. The molecule has 1 amide bonds. The number of hydrogen-bond donors (Lipinski definition) is 1. The first-order valence-corrected chi connectivity index (χ1v) is 8.30. The Morgan fingerprint density at radius 3 is 2.56 bits per heavy atom. The van der Waals surface area contributed by atoms with E-state index in [-0.39, 0.29) is 5.91 Å². The molecule has 128 valence electrons. The molecular formula is C18H20N6O. The quantitative estimate of drug-likeness (QED) is 0.891. The van der Waals surface area contributed by atoms with Crippen molar-refractivity contribution in [3.05, 3.63) is 48.3 Å². The molecule has 7 nitrogen and oxygen atoms in total. The Bertz CT molecular complexity index is 750. The highest BCUT2D eigenvalue weighted by Gasteiger charge is 2.22. The molecule has 1 aliphatic rings. The molecule has 1 saturated heterocycles. The zero-order valence-electron chi connectivity index (χ0n) is 13.9. The summed E-state index contributed by atoms with van der Waals surface area (Å²) >= 11 is 0. The normalized spacial score (nSPS) is 14.0. The van der Waals surface area contributed by atoms with Crippen LogP contribution < -0.4 is 10.2 Å². The molecule has 0 aliphatic carbocycles. The third-order valence-corrected chi connectivity index (χ3v) is 4.17. The van der Waals surface area contributed by atoms with Crippen molar-refractivity contribution in [2.24, 2.45) is 0 Å². The van der Waals surface area contributed by atoms with Crippen LogP contribution in [0.25, 0.3) is 0 Å². The fourth-order valence-corrected chi connectivity index (χ4v) is 2.81. The molecule has 1 aromatic heterocycles. The van der Waals surface area contributed by atoms with Crippen LogP contribution in [-0.2, 0) is 4.79 Å². The zero-order valence-corrected chi connectivity index (χ0v) is 13.9. The van der Waals surface area contributed by atoms with Gasteiger partial charge in [0, 0.05) is 51.5 Å². The summed E-state index contributed by atoms with van der Waals surface area (Å²) in [5.41, 5.74) is 1.36. The van der Waals surface area contributed by atoms with E-state index in [0.717, 1.165) is 18.8 Å². The van der Waals surface area contributed by atoms with Crippen molar-refractivity contribution in [2.75, 3.05) is 42.9 Å². The van der Waals surface area contributed by atoms with Crippen molar-refractivity contribution >= 4 is 17.5 Å². The van der Waals surface area contributed by atoms with E-state index in [0.29, 0.717) is 37.6 Å². The van der Waals surface area contributed by atoms with Crippen LogP contribution in [0.15, 0.2) is 42.7 Å². The summed E-state index contributed by atoms with van der Waals surface area (Å²) in [6.07, 6.45) is 3.86. The summed E-state index contributed by atoms with van der Waals surface area (Å²) in [5.74, 6) is 0.833. The average molecular weight is 336 g/mol. The summed E-state index contributed by atoms with van der Waals surface area (Å²) in [5, 5.41) is 12.2. The number of rotatable bonds is 5. The zero-order chi connectivity index (χ0) is 17.5. The fraction of sp³-hybridized carbons (Fsp3) is 0.333. The van der Waals surface area contributed by atoms with E-state index >= 15 is 0 Å². The van der Waals surface area contributed by atoms with Gasteiger partial charge in [0.25, 0.3) is 0 Å². The lowest BCUT2D eigenvalue weighted by Crippen LogP contribution is -2.49. The SMILES string of the molecule is N#Cc1ccccc1NCCC(=O)N1CCN(c2ncccn2)CC1.